The highest BCUT2D eigenvalue weighted by Gasteiger charge is 2.42. The summed E-state index contributed by atoms with van der Waals surface area (Å²) in [6, 6.07) is 1.73. The molecule has 0 spiro atoms. The average Bonchev–Trinajstić information content (AvgIpc) is 2.97. The Kier molecular flexibility index (Phi) is 4.17. The molecule has 126 valence electrons. The summed E-state index contributed by atoms with van der Waals surface area (Å²) in [5, 5.41) is 0. The van der Waals surface area contributed by atoms with Crippen molar-refractivity contribution in [3.05, 3.63) is 41.9 Å². The van der Waals surface area contributed by atoms with Crippen molar-refractivity contribution in [3.8, 4) is 0 Å². The van der Waals surface area contributed by atoms with Gasteiger partial charge in [0.25, 0.3) is 5.91 Å². The van der Waals surface area contributed by atoms with E-state index in [2.05, 4.69) is 31.8 Å². The molecule has 1 saturated heterocycles. The molecule has 3 rings (SSSR count). The Balaban J connectivity index is 2.05. The maximum absolute atomic E-state index is 12.3. The van der Waals surface area contributed by atoms with Crippen LogP contribution in [0.25, 0.3) is 0 Å². The van der Waals surface area contributed by atoms with Gasteiger partial charge in [0.05, 0.1) is 11.7 Å². The summed E-state index contributed by atoms with van der Waals surface area (Å²) < 4.78 is 0. The molecule has 2 aromatic rings. The first-order valence-corrected chi connectivity index (χ1v) is 8.03. The number of aromatic nitrogens is 4. The molecule has 0 unspecified atom stereocenters. The normalized spacial score (nSPS) is 20.2. The number of aryl methyl sites for hydroxylation is 1. The molecule has 1 aliphatic heterocycles. The summed E-state index contributed by atoms with van der Waals surface area (Å²) in [4.78, 5) is 33.8. The van der Waals surface area contributed by atoms with Gasteiger partial charge in [0.15, 0.2) is 5.82 Å². The van der Waals surface area contributed by atoms with Gasteiger partial charge in [-0.15, -0.1) is 0 Å². The number of carbonyl (C=O) groups excluding carboxylic acids is 1. The predicted octanol–water partition coefficient (Wildman–Crippen LogP) is 1.79. The van der Waals surface area contributed by atoms with E-state index in [1.807, 2.05) is 6.92 Å². The topological polar surface area (TPSA) is 75.1 Å². The number of amides is 1. The fourth-order valence-corrected chi connectivity index (χ4v) is 3.14. The van der Waals surface area contributed by atoms with Crippen LogP contribution in [0, 0.1) is 6.92 Å². The van der Waals surface area contributed by atoms with Crippen LogP contribution in [0.4, 0.5) is 5.82 Å². The molecule has 1 fully saturated rings. The van der Waals surface area contributed by atoms with Gasteiger partial charge in [0.2, 0.25) is 0 Å². The Hall–Kier alpha value is -2.57. The highest BCUT2D eigenvalue weighted by Crippen LogP contribution is 2.39. The van der Waals surface area contributed by atoms with Crippen LogP contribution in [-0.4, -0.2) is 51.4 Å². The summed E-state index contributed by atoms with van der Waals surface area (Å²) in [5.74, 6) is 1.35. The fraction of sp³-hybridized carbons (Fsp3) is 0.471. The summed E-state index contributed by atoms with van der Waals surface area (Å²) in [7, 11) is 3.45. The van der Waals surface area contributed by atoms with Gasteiger partial charge in [-0.25, -0.2) is 15.0 Å². The van der Waals surface area contributed by atoms with Gasteiger partial charge in [-0.05, 0) is 32.8 Å². The lowest BCUT2D eigenvalue weighted by Gasteiger charge is -2.34. The monoisotopic (exact) mass is 326 g/mol. The van der Waals surface area contributed by atoms with Crippen molar-refractivity contribution in [3.63, 3.8) is 0 Å². The van der Waals surface area contributed by atoms with Crippen molar-refractivity contribution >= 4 is 11.7 Å². The molecular formula is C17H22N6O. The van der Waals surface area contributed by atoms with Gasteiger partial charge >= 0.3 is 0 Å². The number of nitrogens with zero attached hydrogens (tertiary/aromatic N) is 6. The second-order valence-corrected chi connectivity index (χ2v) is 6.51. The van der Waals surface area contributed by atoms with E-state index in [1.54, 1.807) is 38.8 Å². The SMILES string of the molecule is Cc1cc(C(=O)N(C)C)nc([C@]2(C)CCCN2c2cnccn2)n1. The highest BCUT2D eigenvalue weighted by atomic mass is 16.2. The average molecular weight is 326 g/mol. The third kappa shape index (κ3) is 2.81. The molecule has 3 heterocycles. The Morgan fingerprint density at radius 3 is 2.75 bits per heavy atom. The molecule has 7 heteroatoms. The highest BCUT2D eigenvalue weighted by molar-refractivity contribution is 5.92. The minimum absolute atomic E-state index is 0.116. The molecule has 0 saturated carbocycles. The van der Waals surface area contributed by atoms with E-state index >= 15 is 0 Å². The second kappa shape index (κ2) is 6.14. The zero-order chi connectivity index (χ0) is 17.3. The lowest BCUT2D eigenvalue weighted by molar-refractivity contribution is 0.0821. The quantitative estimate of drug-likeness (QED) is 0.856. The van der Waals surface area contributed by atoms with Crippen LogP contribution in [0.3, 0.4) is 0 Å². The molecule has 0 aromatic carbocycles. The van der Waals surface area contributed by atoms with Crippen LogP contribution < -0.4 is 4.90 Å². The minimum Gasteiger partial charge on any atom is -0.343 e. The molecule has 0 bridgehead atoms. The van der Waals surface area contributed by atoms with Gasteiger partial charge in [-0.1, -0.05) is 0 Å². The van der Waals surface area contributed by atoms with E-state index in [1.165, 1.54) is 4.90 Å². The molecule has 0 aliphatic carbocycles. The van der Waals surface area contributed by atoms with E-state index in [-0.39, 0.29) is 5.91 Å². The third-order valence-corrected chi connectivity index (χ3v) is 4.43. The summed E-state index contributed by atoms with van der Waals surface area (Å²) in [6.07, 6.45) is 7.02. The third-order valence-electron chi connectivity index (χ3n) is 4.43. The van der Waals surface area contributed by atoms with Gasteiger partial charge in [-0.2, -0.15) is 0 Å². The van der Waals surface area contributed by atoms with E-state index in [0.29, 0.717) is 11.5 Å². The van der Waals surface area contributed by atoms with E-state index in [0.717, 1.165) is 30.9 Å². The molecule has 0 N–H and O–H groups in total. The maximum Gasteiger partial charge on any atom is 0.272 e. The number of rotatable bonds is 3. The van der Waals surface area contributed by atoms with Gasteiger partial charge in [-0.3, -0.25) is 9.78 Å². The largest absolute Gasteiger partial charge is 0.343 e. The second-order valence-electron chi connectivity index (χ2n) is 6.51. The van der Waals surface area contributed by atoms with E-state index in [9.17, 15) is 4.79 Å². The maximum atomic E-state index is 12.3. The Morgan fingerprint density at radius 1 is 1.29 bits per heavy atom. The summed E-state index contributed by atoms with van der Waals surface area (Å²) in [6.45, 7) is 4.86. The number of carbonyl (C=O) groups is 1. The molecule has 0 radical (unpaired) electrons. The molecule has 1 amide bonds. The predicted molar refractivity (Wildman–Crippen MR) is 90.8 cm³/mol. The van der Waals surface area contributed by atoms with Crippen LogP contribution in [0.15, 0.2) is 24.7 Å². The molecule has 7 nitrogen and oxygen atoms in total. The van der Waals surface area contributed by atoms with Gasteiger partial charge in [0, 0.05) is 38.7 Å². The Labute approximate surface area is 141 Å². The van der Waals surface area contributed by atoms with E-state index in [4.69, 9.17) is 0 Å². The molecule has 24 heavy (non-hydrogen) atoms. The standard InChI is InChI=1S/C17H22N6O/c1-12-10-13(15(24)22(3)4)21-16(20-12)17(2)6-5-9-23(17)14-11-18-7-8-19-14/h7-8,10-11H,5-6,9H2,1-4H3/t17-/m0/s1. The van der Waals surface area contributed by atoms with Gasteiger partial charge in [0.1, 0.15) is 11.5 Å². The lowest BCUT2D eigenvalue weighted by Crippen LogP contribution is -2.41. The van der Waals surface area contributed by atoms with Crippen LogP contribution in [-0.2, 0) is 5.54 Å². The van der Waals surface area contributed by atoms with Gasteiger partial charge < -0.3 is 9.80 Å². The molecule has 1 atom stereocenters. The first-order valence-electron chi connectivity index (χ1n) is 8.03. The minimum atomic E-state index is -0.399. The van der Waals surface area contributed by atoms with Crippen LogP contribution in [0.1, 0.15) is 41.8 Å². The van der Waals surface area contributed by atoms with Crippen molar-refractivity contribution in [2.24, 2.45) is 0 Å². The van der Waals surface area contributed by atoms with Crippen LogP contribution in [0.2, 0.25) is 0 Å². The molecular weight excluding hydrogens is 304 g/mol. The Bertz CT molecular complexity index is 748. The van der Waals surface area contributed by atoms with Crippen molar-refractivity contribution in [1.29, 1.82) is 0 Å². The number of hydrogen-bond acceptors (Lipinski definition) is 6. The molecule has 2 aromatic heterocycles. The smallest absolute Gasteiger partial charge is 0.272 e. The zero-order valence-electron chi connectivity index (χ0n) is 14.5. The van der Waals surface area contributed by atoms with Crippen molar-refractivity contribution < 1.29 is 4.79 Å². The summed E-state index contributed by atoms with van der Waals surface area (Å²) in [5.41, 5.74) is 0.816. The van der Waals surface area contributed by atoms with Crippen LogP contribution in [0.5, 0.6) is 0 Å². The molecule has 1 aliphatic rings. The van der Waals surface area contributed by atoms with Crippen molar-refractivity contribution in [1.82, 2.24) is 24.8 Å². The Morgan fingerprint density at radius 2 is 2.08 bits per heavy atom. The first kappa shape index (κ1) is 16.3. The summed E-state index contributed by atoms with van der Waals surface area (Å²) >= 11 is 0. The van der Waals surface area contributed by atoms with Crippen LogP contribution >= 0.6 is 0 Å². The number of anilines is 1. The lowest BCUT2D eigenvalue weighted by atomic mass is 9.97. The van der Waals surface area contributed by atoms with Crippen molar-refractivity contribution in [2.45, 2.75) is 32.2 Å². The fourth-order valence-electron chi connectivity index (χ4n) is 3.14. The zero-order valence-corrected chi connectivity index (χ0v) is 14.5. The number of hydrogen-bond donors (Lipinski definition) is 0. The van der Waals surface area contributed by atoms with Crippen molar-refractivity contribution in [2.75, 3.05) is 25.5 Å². The van der Waals surface area contributed by atoms with E-state index < -0.39 is 5.54 Å². The first-order chi connectivity index (χ1) is 11.4.